The molecule has 0 saturated heterocycles. The second kappa shape index (κ2) is 9.73. The highest BCUT2D eigenvalue weighted by molar-refractivity contribution is 5.92. The highest BCUT2D eigenvalue weighted by Gasteiger charge is 2.07. The zero-order valence-corrected chi connectivity index (χ0v) is 17.3. The van der Waals surface area contributed by atoms with E-state index < -0.39 is 0 Å². The monoisotopic (exact) mass is 388 g/mol. The number of aromatic nitrogens is 1. The third-order valence-corrected chi connectivity index (χ3v) is 4.93. The van der Waals surface area contributed by atoms with Crippen molar-refractivity contribution in [2.75, 3.05) is 28.6 Å². The summed E-state index contributed by atoms with van der Waals surface area (Å²) in [6.07, 6.45) is 2.02. The predicted octanol–water partition coefficient (Wildman–Crippen LogP) is 5.16. The second-order valence-electron chi connectivity index (χ2n) is 6.93. The molecule has 5 heteroatoms. The number of anilines is 4. The normalized spacial score (nSPS) is 10.4. The number of aryl methyl sites for hydroxylation is 1. The summed E-state index contributed by atoms with van der Waals surface area (Å²) in [7, 11) is 0. The summed E-state index contributed by atoms with van der Waals surface area (Å²) in [5.74, 6) is 0.686. The maximum absolute atomic E-state index is 12.3. The van der Waals surface area contributed by atoms with Gasteiger partial charge in [-0.3, -0.25) is 4.79 Å². The van der Waals surface area contributed by atoms with Gasteiger partial charge in [-0.15, -0.1) is 0 Å². The summed E-state index contributed by atoms with van der Waals surface area (Å²) in [4.78, 5) is 19.0. The first-order valence-corrected chi connectivity index (χ1v) is 10.0. The molecule has 0 bridgehead atoms. The van der Waals surface area contributed by atoms with E-state index in [0.717, 1.165) is 35.7 Å². The van der Waals surface area contributed by atoms with Crippen molar-refractivity contribution in [3.63, 3.8) is 0 Å². The van der Waals surface area contributed by atoms with E-state index in [4.69, 9.17) is 0 Å². The number of carbonyl (C=O) groups excluding carboxylic acids is 1. The van der Waals surface area contributed by atoms with E-state index in [1.165, 1.54) is 5.69 Å². The average molecular weight is 389 g/mol. The van der Waals surface area contributed by atoms with E-state index in [-0.39, 0.29) is 5.91 Å². The lowest BCUT2D eigenvalue weighted by Gasteiger charge is -2.21. The number of nitrogens with zero attached hydrogens (tertiary/aromatic N) is 2. The molecule has 0 fully saturated rings. The third kappa shape index (κ3) is 5.57. The molecule has 5 nitrogen and oxygen atoms in total. The second-order valence-corrected chi connectivity index (χ2v) is 6.93. The van der Waals surface area contributed by atoms with Gasteiger partial charge in [-0.25, -0.2) is 4.98 Å². The molecule has 3 aromatic rings. The van der Waals surface area contributed by atoms with E-state index in [1.807, 2.05) is 55.5 Å². The molecule has 1 amide bonds. The maximum atomic E-state index is 12.3. The molecule has 0 atom stereocenters. The molecule has 0 spiro atoms. The van der Waals surface area contributed by atoms with Gasteiger partial charge in [0.05, 0.1) is 18.3 Å². The van der Waals surface area contributed by atoms with Crippen LogP contribution >= 0.6 is 0 Å². The van der Waals surface area contributed by atoms with E-state index in [2.05, 4.69) is 46.5 Å². The Morgan fingerprint density at radius 1 is 0.931 bits per heavy atom. The van der Waals surface area contributed by atoms with Crippen LogP contribution in [0.3, 0.4) is 0 Å². The first-order chi connectivity index (χ1) is 14.1. The van der Waals surface area contributed by atoms with Crippen LogP contribution in [0.15, 0.2) is 66.9 Å². The molecular formula is C24H28N4O. The molecule has 0 aliphatic carbocycles. The molecule has 0 aliphatic rings. The fraction of sp³-hybridized carbons (Fsp3) is 0.250. The van der Waals surface area contributed by atoms with Gasteiger partial charge in [-0.05, 0) is 68.3 Å². The predicted molar refractivity (Wildman–Crippen MR) is 121 cm³/mol. The van der Waals surface area contributed by atoms with Crippen LogP contribution in [-0.4, -0.2) is 24.0 Å². The van der Waals surface area contributed by atoms with Crippen LogP contribution in [0.25, 0.3) is 0 Å². The van der Waals surface area contributed by atoms with Gasteiger partial charge in [0.2, 0.25) is 5.91 Å². The van der Waals surface area contributed by atoms with Crippen molar-refractivity contribution >= 4 is 28.8 Å². The third-order valence-electron chi connectivity index (χ3n) is 4.93. The van der Waals surface area contributed by atoms with Crippen molar-refractivity contribution in [3.05, 3.63) is 78.0 Å². The molecule has 2 N–H and O–H groups in total. The molecule has 150 valence electrons. The molecule has 0 saturated carbocycles. The van der Waals surface area contributed by atoms with Gasteiger partial charge >= 0.3 is 0 Å². The Morgan fingerprint density at radius 2 is 1.62 bits per heavy atom. The summed E-state index contributed by atoms with van der Waals surface area (Å²) in [6.45, 7) is 8.30. The van der Waals surface area contributed by atoms with Gasteiger partial charge < -0.3 is 15.5 Å². The first-order valence-electron chi connectivity index (χ1n) is 10.0. The Balaban J connectivity index is 1.57. The molecule has 0 radical (unpaired) electrons. The number of carbonyl (C=O) groups is 1. The Morgan fingerprint density at radius 3 is 2.24 bits per heavy atom. The molecule has 3 rings (SSSR count). The summed E-state index contributed by atoms with van der Waals surface area (Å²) in [5.41, 5.74) is 5.02. The van der Waals surface area contributed by atoms with Gasteiger partial charge in [0.15, 0.2) is 0 Å². The van der Waals surface area contributed by atoms with Gasteiger partial charge in [0.25, 0.3) is 0 Å². The zero-order chi connectivity index (χ0) is 20.6. The van der Waals surface area contributed by atoms with Crippen molar-refractivity contribution in [3.8, 4) is 0 Å². The topological polar surface area (TPSA) is 57.3 Å². The first kappa shape index (κ1) is 20.4. The van der Waals surface area contributed by atoms with Gasteiger partial charge in [0.1, 0.15) is 5.82 Å². The average Bonchev–Trinajstić information content (AvgIpc) is 2.73. The van der Waals surface area contributed by atoms with Crippen LogP contribution in [-0.2, 0) is 11.2 Å². The van der Waals surface area contributed by atoms with Crippen molar-refractivity contribution < 1.29 is 4.79 Å². The molecule has 0 aliphatic heterocycles. The highest BCUT2D eigenvalue weighted by atomic mass is 16.1. The van der Waals surface area contributed by atoms with Gasteiger partial charge in [0, 0.05) is 24.5 Å². The molecule has 2 aromatic carbocycles. The smallest absolute Gasteiger partial charge is 0.228 e. The fourth-order valence-electron chi connectivity index (χ4n) is 3.22. The van der Waals surface area contributed by atoms with Crippen LogP contribution in [0.1, 0.15) is 25.0 Å². The fourth-order valence-corrected chi connectivity index (χ4v) is 3.22. The Hall–Kier alpha value is -3.34. The van der Waals surface area contributed by atoms with E-state index in [9.17, 15) is 4.79 Å². The number of hydrogen-bond donors (Lipinski definition) is 2. The largest absolute Gasteiger partial charge is 0.372 e. The number of rotatable bonds is 8. The Kier molecular flexibility index (Phi) is 6.85. The highest BCUT2D eigenvalue weighted by Crippen LogP contribution is 2.21. The number of hydrogen-bond acceptors (Lipinski definition) is 4. The lowest BCUT2D eigenvalue weighted by molar-refractivity contribution is -0.115. The van der Waals surface area contributed by atoms with E-state index >= 15 is 0 Å². The van der Waals surface area contributed by atoms with Crippen LogP contribution in [0.4, 0.5) is 22.9 Å². The van der Waals surface area contributed by atoms with Crippen LogP contribution < -0.4 is 15.5 Å². The number of pyridine rings is 1. The quantitative estimate of drug-likeness (QED) is 0.559. The minimum Gasteiger partial charge on any atom is -0.372 e. The minimum atomic E-state index is -0.0474. The minimum absolute atomic E-state index is 0.0474. The summed E-state index contributed by atoms with van der Waals surface area (Å²) >= 11 is 0. The van der Waals surface area contributed by atoms with E-state index in [0.29, 0.717) is 12.1 Å². The Labute approximate surface area is 172 Å². The van der Waals surface area contributed by atoms with Crippen molar-refractivity contribution in [2.24, 2.45) is 0 Å². The molecule has 29 heavy (non-hydrogen) atoms. The molecule has 1 aromatic heterocycles. The van der Waals surface area contributed by atoms with Crippen molar-refractivity contribution in [2.45, 2.75) is 27.2 Å². The number of benzene rings is 2. The lowest BCUT2D eigenvalue weighted by atomic mass is 10.1. The summed E-state index contributed by atoms with van der Waals surface area (Å²) in [5, 5.41) is 6.20. The molecule has 1 heterocycles. The van der Waals surface area contributed by atoms with Crippen molar-refractivity contribution in [1.29, 1.82) is 0 Å². The van der Waals surface area contributed by atoms with Crippen LogP contribution in [0, 0.1) is 6.92 Å². The van der Waals surface area contributed by atoms with Crippen LogP contribution in [0.5, 0.6) is 0 Å². The SMILES string of the molecule is CCN(CC)c1ccc(Nc2ccc(NC(=O)Cc3ccccc3C)cn2)cc1. The molecular weight excluding hydrogens is 360 g/mol. The van der Waals surface area contributed by atoms with E-state index in [1.54, 1.807) is 6.20 Å². The van der Waals surface area contributed by atoms with Gasteiger partial charge in [-0.2, -0.15) is 0 Å². The number of amides is 1. The van der Waals surface area contributed by atoms with Crippen LogP contribution in [0.2, 0.25) is 0 Å². The zero-order valence-electron chi connectivity index (χ0n) is 17.3. The lowest BCUT2D eigenvalue weighted by Crippen LogP contribution is -2.21. The Bertz CT molecular complexity index is 932. The summed E-state index contributed by atoms with van der Waals surface area (Å²) in [6, 6.07) is 19.9. The number of nitrogens with one attached hydrogen (secondary N) is 2. The summed E-state index contributed by atoms with van der Waals surface area (Å²) < 4.78 is 0. The molecule has 0 unspecified atom stereocenters. The van der Waals surface area contributed by atoms with Crippen molar-refractivity contribution in [1.82, 2.24) is 4.98 Å². The van der Waals surface area contributed by atoms with Gasteiger partial charge in [-0.1, -0.05) is 24.3 Å². The standard InChI is InChI=1S/C24H28N4O/c1-4-28(5-2)22-13-10-20(11-14-22)26-23-15-12-21(17-25-23)27-24(29)16-19-9-7-6-8-18(19)3/h6-15,17H,4-5,16H2,1-3H3,(H,25,26)(H,27,29). The maximum Gasteiger partial charge on any atom is 0.228 e.